The topological polar surface area (TPSA) is 4.93 Å². The maximum absolute atomic E-state index is 2.39. The Balaban J connectivity index is 1.15. The summed E-state index contributed by atoms with van der Waals surface area (Å²) in [5.41, 5.74) is 8.71. The van der Waals surface area contributed by atoms with Crippen LogP contribution in [0.25, 0.3) is 92.8 Å². The summed E-state index contributed by atoms with van der Waals surface area (Å²) in [6.07, 6.45) is 0. The van der Waals surface area contributed by atoms with Crippen LogP contribution in [0.5, 0.6) is 0 Å². The van der Waals surface area contributed by atoms with Gasteiger partial charge < -0.3 is 4.57 Å². The highest BCUT2D eigenvalue weighted by molar-refractivity contribution is 6.27. The first-order chi connectivity index (χ1) is 22.3. The molecule has 10 aromatic rings. The van der Waals surface area contributed by atoms with E-state index < -0.39 is 0 Å². The Kier molecular flexibility index (Phi) is 5.06. The molecule has 0 unspecified atom stereocenters. The van der Waals surface area contributed by atoms with Gasteiger partial charge in [0.05, 0.1) is 11.0 Å². The second-order valence-corrected chi connectivity index (χ2v) is 12.1. The lowest BCUT2D eigenvalue weighted by Gasteiger charge is -2.17. The number of benzene rings is 9. The number of hydrogen-bond donors (Lipinski definition) is 0. The molecule has 0 aliphatic heterocycles. The highest BCUT2D eigenvalue weighted by atomic mass is 15.0. The Morgan fingerprint density at radius 3 is 1.49 bits per heavy atom. The molecule has 9 aromatic carbocycles. The molecule has 0 atom stereocenters. The fourth-order valence-corrected chi connectivity index (χ4v) is 7.66. The lowest BCUT2D eigenvalue weighted by Crippen LogP contribution is -1.93. The zero-order valence-electron chi connectivity index (χ0n) is 24.5. The fraction of sp³-hybridized carbons (Fsp3) is 0. The molecule has 1 heterocycles. The molecule has 0 bridgehead atoms. The molecule has 1 heteroatoms. The van der Waals surface area contributed by atoms with Crippen LogP contribution in [-0.4, -0.2) is 4.57 Å². The van der Waals surface area contributed by atoms with Gasteiger partial charge in [-0.15, -0.1) is 0 Å². The first-order valence-corrected chi connectivity index (χ1v) is 15.6. The largest absolute Gasteiger partial charge is 0.309 e. The monoisotopic (exact) mass is 569 g/mol. The van der Waals surface area contributed by atoms with Crippen molar-refractivity contribution in [2.24, 2.45) is 0 Å². The molecule has 0 saturated carbocycles. The molecule has 0 spiro atoms. The van der Waals surface area contributed by atoms with Crippen molar-refractivity contribution in [3.05, 3.63) is 164 Å². The van der Waals surface area contributed by atoms with Gasteiger partial charge in [-0.25, -0.2) is 0 Å². The van der Waals surface area contributed by atoms with Crippen molar-refractivity contribution in [3.63, 3.8) is 0 Å². The van der Waals surface area contributed by atoms with Gasteiger partial charge in [0.15, 0.2) is 0 Å². The van der Waals surface area contributed by atoms with Gasteiger partial charge in [0.2, 0.25) is 0 Å². The van der Waals surface area contributed by atoms with E-state index in [9.17, 15) is 0 Å². The Hall–Kier alpha value is -5.92. The van der Waals surface area contributed by atoms with Crippen LogP contribution in [0.2, 0.25) is 0 Å². The maximum atomic E-state index is 2.39. The Morgan fingerprint density at radius 1 is 0.311 bits per heavy atom. The van der Waals surface area contributed by atoms with Gasteiger partial charge in [-0.1, -0.05) is 133 Å². The predicted octanol–water partition coefficient (Wildman–Crippen LogP) is 12.2. The van der Waals surface area contributed by atoms with Gasteiger partial charge in [0.25, 0.3) is 0 Å². The van der Waals surface area contributed by atoms with Crippen molar-refractivity contribution in [1.29, 1.82) is 0 Å². The number of para-hydroxylation sites is 2. The van der Waals surface area contributed by atoms with Crippen molar-refractivity contribution < 1.29 is 0 Å². The lowest BCUT2D eigenvalue weighted by atomic mass is 9.87. The summed E-state index contributed by atoms with van der Waals surface area (Å²) in [6, 6.07) is 60.3. The molecule has 1 aromatic heterocycles. The summed E-state index contributed by atoms with van der Waals surface area (Å²) in [7, 11) is 0. The molecule has 45 heavy (non-hydrogen) atoms. The molecule has 0 aliphatic rings. The molecule has 1 nitrogen and oxygen atoms in total. The Morgan fingerprint density at radius 2 is 0.822 bits per heavy atom. The van der Waals surface area contributed by atoms with E-state index in [0.717, 1.165) is 0 Å². The van der Waals surface area contributed by atoms with Gasteiger partial charge in [0.1, 0.15) is 0 Å². The third-order valence-corrected chi connectivity index (χ3v) is 9.72. The average molecular weight is 570 g/mol. The Labute approximate surface area is 260 Å². The summed E-state index contributed by atoms with van der Waals surface area (Å²) in [6.45, 7) is 0. The minimum atomic E-state index is 1.18. The molecular weight excluding hydrogens is 542 g/mol. The lowest BCUT2D eigenvalue weighted by molar-refractivity contribution is 1.19. The van der Waals surface area contributed by atoms with Gasteiger partial charge in [-0.3, -0.25) is 0 Å². The predicted molar refractivity (Wildman–Crippen MR) is 193 cm³/mol. The van der Waals surface area contributed by atoms with Crippen LogP contribution in [0.1, 0.15) is 0 Å². The van der Waals surface area contributed by atoms with E-state index in [-0.39, 0.29) is 0 Å². The summed E-state index contributed by atoms with van der Waals surface area (Å²) in [5, 5.41) is 12.9. The van der Waals surface area contributed by atoms with E-state index in [1.807, 2.05) is 0 Å². The molecule has 0 radical (unpaired) electrons. The van der Waals surface area contributed by atoms with Crippen molar-refractivity contribution in [1.82, 2.24) is 4.57 Å². The number of aromatic nitrogens is 1. The van der Waals surface area contributed by atoms with Gasteiger partial charge in [0, 0.05) is 16.5 Å². The van der Waals surface area contributed by atoms with E-state index in [1.165, 1.54) is 92.8 Å². The van der Waals surface area contributed by atoms with Crippen LogP contribution in [0.3, 0.4) is 0 Å². The molecule has 0 aliphatic carbocycles. The summed E-state index contributed by atoms with van der Waals surface area (Å²) < 4.78 is 2.39. The Bertz CT molecular complexity index is 2690. The normalized spacial score (nSPS) is 12.0. The van der Waals surface area contributed by atoms with E-state index >= 15 is 0 Å². The third kappa shape index (κ3) is 3.56. The maximum Gasteiger partial charge on any atom is 0.0541 e. The summed E-state index contributed by atoms with van der Waals surface area (Å²) >= 11 is 0. The van der Waals surface area contributed by atoms with Gasteiger partial charge in [-0.05, 0) is 95.7 Å². The second-order valence-electron chi connectivity index (χ2n) is 12.1. The standard InChI is InChI=1S/C44H27N/c1-2-8-28(9-3-1)35-22-17-29-20-25-40-36(23-18-30-19-24-39(35)43(29)44(30)40)33-15-14-32-27-34(21-16-31(32)26-33)45-41-12-6-4-10-37(41)38-11-5-7-13-42(38)45/h1-27H. The highest BCUT2D eigenvalue weighted by Crippen LogP contribution is 2.43. The molecule has 10 rings (SSSR count). The minimum absolute atomic E-state index is 1.18. The number of nitrogens with zero attached hydrogens (tertiary/aromatic N) is 1. The fourth-order valence-electron chi connectivity index (χ4n) is 7.66. The quantitative estimate of drug-likeness (QED) is 0.187. The third-order valence-electron chi connectivity index (χ3n) is 9.72. The van der Waals surface area contributed by atoms with Crippen LogP contribution in [0.4, 0.5) is 0 Å². The van der Waals surface area contributed by atoms with Crippen LogP contribution < -0.4 is 0 Å². The van der Waals surface area contributed by atoms with Gasteiger partial charge in [-0.2, -0.15) is 0 Å². The molecule has 0 amide bonds. The van der Waals surface area contributed by atoms with E-state index in [1.54, 1.807) is 0 Å². The SMILES string of the molecule is c1ccc(-c2ccc3ccc4c(-c5ccc6cc(-n7c8ccccc8c8ccccc87)ccc6c5)ccc5ccc2c3c54)cc1. The zero-order valence-corrected chi connectivity index (χ0v) is 24.5. The van der Waals surface area contributed by atoms with Crippen LogP contribution >= 0.6 is 0 Å². The number of rotatable bonds is 3. The molecule has 208 valence electrons. The molecular formula is C44H27N. The smallest absolute Gasteiger partial charge is 0.0541 e. The van der Waals surface area contributed by atoms with Crippen molar-refractivity contribution in [3.8, 4) is 27.9 Å². The van der Waals surface area contributed by atoms with E-state index in [4.69, 9.17) is 0 Å². The molecule has 0 fully saturated rings. The zero-order chi connectivity index (χ0) is 29.5. The van der Waals surface area contributed by atoms with Crippen molar-refractivity contribution in [2.45, 2.75) is 0 Å². The summed E-state index contributed by atoms with van der Waals surface area (Å²) in [5.74, 6) is 0. The highest BCUT2D eigenvalue weighted by Gasteiger charge is 2.16. The summed E-state index contributed by atoms with van der Waals surface area (Å²) in [4.78, 5) is 0. The molecule has 0 saturated heterocycles. The first kappa shape index (κ1) is 24.5. The van der Waals surface area contributed by atoms with E-state index in [0.29, 0.717) is 0 Å². The number of fused-ring (bicyclic) bond motifs is 4. The minimum Gasteiger partial charge on any atom is -0.309 e. The first-order valence-electron chi connectivity index (χ1n) is 15.6. The average Bonchev–Trinajstić information content (AvgIpc) is 3.45. The van der Waals surface area contributed by atoms with Crippen LogP contribution in [-0.2, 0) is 0 Å². The van der Waals surface area contributed by atoms with Crippen LogP contribution in [0, 0.1) is 0 Å². The number of hydrogen-bond acceptors (Lipinski definition) is 0. The van der Waals surface area contributed by atoms with Crippen LogP contribution in [0.15, 0.2) is 164 Å². The van der Waals surface area contributed by atoms with Crippen molar-refractivity contribution >= 4 is 64.9 Å². The van der Waals surface area contributed by atoms with Crippen molar-refractivity contribution in [2.75, 3.05) is 0 Å². The van der Waals surface area contributed by atoms with E-state index in [2.05, 4.69) is 168 Å². The van der Waals surface area contributed by atoms with Gasteiger partial charge >= 0.3 is 0 Å². The molecule has 0 N–H and O–H groups in total. The second kappa shape index (κ2) is 9.29.